The fourth-order valence-electron chi connectivity index (χ4n) is 3.25. The van der Waals surface area contributed by atoms with Crippen LogP contribution in [0.15, 0.2) is 36.5 Å². The Balaban J connectivity index is 1.66. The zero-order valence-corrected chi connectivity index (χ0v) is 14.3. The SMILES string of the molecule is Cn1cc(-c2ccc(Cc3cc(C(N)=O)c(O)c4c3OCC4)cc2)nn1. The lowest BCUT2D eigenvalue weighted by Crippen LogP contribution is -2.12. The lowest BCUT2D eigenvalue weighted by molar-refractivity contribution is 0.0997. The van der Waals surface area contributed by atoms with E-state index in [4.69, 9.17) is 10.5 Å². The molecule has 2 aromatic carbocycles. The molecule has 0 aliphatic carbocycles. The van der Waals surface area contributed by atoms with Crippen molar-refractivity contribution in [3.8, 4) is 22.8 Å². The fraction of sp³-hybridized carbons (Fsp3) is 0.211. The maximum Gasteiger partial charge on any atom is 0.252 e. The lowest BCUT2D eigenvalue weighted by atomic mass is 9.96. The fourth-order valence-corrected chi connectivity index (χ4v) is 3.25. The van der Waals surface area contributed by atoms with E-state index in [0.717, 1.165) is 22.4 Å². The minimum Gasteiger partial charge on any atom is -0.507 e. The van der Waals surface area contributed by atoms with Crippen molar-refractivity contribution in [1.29, 1.82) is 0 Å². The molecule has 0 fully saturated rings. The monoisotopic (exact) mass is 350 g/mol. The van der Waals surface area contributed by atoms with Gasteiger partial charge in [-0.1, -0.05) is 29.5 Å². The summed E-state index contributed by atoms with van der Waals surface area (Å²) in [5, 5.41) is 18.3. The Morgan fingerprint density at radius 2 is 2.12 bits per heavy atom. The average molecular weight is 350 g/mol. The lowest BCUT2D eigenvalue weighted by Gasteiger charge is -2.12. The molecule has 0 bridgehead atoms. The second-order valence-electron chi connectivity index (χ2n) is 6.35. The van der Waals surface area contributed by atoms with E-state index in [1.54, 1.807) is 10.7 Å². The Labute approximate surface area is 150 Å². The Bertz CT molecular complexity index is 993. The number of hydrogen-bond acceptors (Lipinski definition) is 5. The van der Waals surface area contributed by atoms with Crippen LogP contribution in [-0.2, 0) is 19.9 Å². The van der Waals surface area contributed by atoms with Gasteiger partial charge in [-0.25, -0.2) is 0 Å². The predicted octanol–water partition coefficient (Wildman–Crippen LogP) is 1.81. The summed E-state index contributed by atoms with van der Waals surface area (Å²) in [6, 6.07) is 9.59. The first-order valence-electron chi connectivity index (χ1n) is 8.29. The van der Waals surface area contributed by atoms with Gasteiger partial charge in [0.05, 0.1) is 18.4 Å². The van der Waals surface area contributed by atoms with E-state index in [9.17, 15) is 9.90 Å². The number of carbonyl (C=O) groups excluding carboxylic acids is 1. The topological polar surface area (TPSA) is 103 Å². The van der Waals surface area contributed by atoms with Crippen LogP contribution in [-0.4, -0.2) is 32.6 Å². The molecule has 26 heavy (non-hydrogen) atoms. The highest BCUT2D eigenvalue weighted by molar-refractivity contribution is 5.96. The normalized spacial score (nSPS) is 12.7. The second-order valence-corrected chi connectivity index (χ2v) is 6.35. The highest BCUT2D eigenvalue weighted by atomic mass is 16.5. The van der Waals surface area contributed by atoms with Gasteiger partial charge in [-0.05, 0) is 17.2 Å². The molecule has 1 aliphatic heterocycles. The van der Waals surface area contributed by atoms with Crippen molar-refractivity contribution >= 4 is 5.91 Å². The van der Waals surface area contributed by atoms with E-state index in [2.05, 4.69) is 10.3 Å². The van der Waals surface area contributed by atoms with Crippen molar-refractivity contribution in [2.75, 3.05) is 6.61 Å². The van der Waals surface area contributed by atoms with Crippen LogP contribution in [0.4, 0.5) is 0 Å². The van der Waals surface area contributed by atoms with Gasteiger partial charge in [0.2, 0.25) is 0 Å². The van der Waals surface area contributed by atoms with Gasteiger partial charge in [0.15, 0.2) is 0 Å². The minimum atomic E-state index is -0.642. The largest absolute Gasteiger partial charge is 0.507 e. The molecule has 0 radical (unpaired) electrons. The first kappa shape index (κ1) is 16.1. The third-order valence-electron chi connectivity index (χ3n) is 4.54. The molecule has 1 amide bonds. The van der Waals surface area contributed by atoms with Gasteiger partial charge >= 0.3 is 0 Å². The molecule has 2 heterocycles. The smallest absolute Gasteiger partial charge is 0.252 e. The van der Waals surface area contributed by atoms with E-state index < -0.39 is 5.91 Å². The molecular formula is C19H18N4O3. The molecule has 7 heteroatoms. The average Bonchev–Trinajstić information content (AvgIpc) is 3.27. The first-order valence-corrected chi connectivity index (χ1v) is 8.29. The van der Waals surface area contributed by atoms with Crippen LogP contribution >= 0.6 is 0 Å². The summed E-state index contributed by atoms with van der Waals surface area (Å²) in [4.78, 5) is 11.6. The van der Waals surface area contributed by atoms with Crippen LogP contribution in [0, 0.1) is 0 Å². The molecule has 0 unspecified atom stereocenters. The van der Waals surface area contributed by atoms with Crippen molar-refractivity contribution in [3.05, 3.63) is 58.8 Å². The number of ether oxygens (including phenoxy) is 1. The molecule has 0 saturated heterocycles. The van der Waals surface area contributed by atoms with Crippen molar-refractivity contribution in [1.82, 2.24) is 15.0 Å². The summed E-state index contributed by atoms with van der Waals surface area (Å²) < 4.78 is 7.34. The van der Waals surface area contributed by atoms with Gasteiger partial charge < -0.3 is 15.6 Å². The molecule has 1 aromatic heterocycles. The van der Waals surface area contributed by atoms with Crippen molar-refractivity contribution < 1.29 is 14.6 Å². The summed E-state index contributed by atoms with van der Waals surface area (Å²) in [7, 11) is 1.83. The van der Waals surface area contributed by atoms with Gasteiger partial charge in [0.25, 0.3) is 5.91 Å². The maximum absolute atomic E-state index is 11.6. The Morgan fingerprint density at radius 1 is 1.35 bits per heavy atom. The molecule has 132 valence electrons. The van der Waals surface area contributed by atoms with Gasteiger partial charge in [-0.2, -0.15) is 0 Å². The van der Waals surface area contributed by atoms with Crippen molar-refractivity contribution in [2.24, 2.45) is 12.8 Å². The van der Waals surface area contributed by atoms with Crippen LogP contribution in [0.3, 0.4) is 0 Å². The predicted molar refractivity (Wildman–Crippen MR) is 95.1 cm³/mol. The molecular weight excluding hydrogens is 332 g/mol. The highest BCUT2D eigenvalue weighted by Gasteiger charge is 2.25. The number of carbonyl (C=O) groups is 1. The van der Waals surface area contributed by atoms with E-state index in [0.29, 0.717) is 30.8 Å². The summed E-state index contributed by atoms with van der Waals surface area (Å²) in [6.45, 7) is 0.490. The van der Waals surface area contributed by atoms with E-state index in [1.165, 1.54) is 0 Å². The number of phenols is 1. The number of amides is 1. The number of benzene rings is 2. The Morgan fingerprint density at radius 3 is 2.77 bits per heavy atom. The molecule has 3 N–H and O–H groups in total. The molecule has 0 saturated carbocycles. The molecule has 7 nitrogen and oxygen atoms in total. The summed E-state index contributed by atoms with van der Waals surface area (Å²) >= 11 is 0. The number of aromatic nitrogens is 3. The van der Waals surface area contributed by atoms with Crippen LogP contribution < -0.4 is 10.5 Å². The van der Waals surface area contributed by atoms with Crippen LogP contribution in [0.2, 0.25) is 0 Å². The Kier molecular flexibility index (Phi) is 3.84. The van der Waals surface area contributed by atoms with E-state index >= 15 is 0 Å². The third-order valence-corrected chi connectivity index (χ3v) is 4.54. The molecule has 3 aromatic rings. The quantitative estimate of drug-likeness (QED) is 0.747. The Hall–Kier alpha value is -3.35. The van der Waals surface area contributed by atoms with Crippen molar-refractivity contribution in [2.45, 2.75) is 12.8 Å². The number of aromatic hydroxyl groups is 1. The van der Waals surface area contributed by atoms with Crippen LogP contribution in [0.25, 0.3) is 11.3 Å². The number of primary amides is 1. The molecule has 0 atom stereocenters. The second kappa shape index (κ2) is 6.18. The first-order chi connectivity index (χ1) is 12.5. The van der Waals surface area contributed by atoms with Gasteiger partial charge in [-0.3, -0.25) is 9.48 Å². The van der Waals surface area contributed by atoms with Crippen molar-refractivity contribution in [3.63, 3.8) is 0 Å². The number of hydrogen-bond donors (Lipinski definition) is 2. The van der Waals surface area contributed by atoms with Gasteiger partial charge in [0.1, 0.15) is 17.2 Å². The highest BCUT2D eigenvalue weighted by Crippen LogP contribution is 2.39. The molecule has 4 rings (SSSR count). The number of nitrogens with zero attached hydrogens (tertiary/aromatic N) is 3. The van der Waals surface area contributed by atoms with Crippen LogP contribution in [0.1, 0.15) is 27.0 Å². The van der Waals surface area contributed by atoms with Gasteiger partial charge in [-0.15, -0.1) is 5.10 Å². The standard InChI is InChI=1S/C19H18N4O3/c1-23-10-16(21-22-23)12-4-2-11(3-5-12)8-13-9-15(19(20)25)17(24)14-6-7-26-18(13)14/h2-5,9-10,24H,6-8H2,1H3,(H2,20,25). The number of rotatable bonds is 4. The molecule has 0 spiro atoms. The van der Waals surface area contributed by atoms with E-state index in [-0.39, 0.29) is 11.3 Å². The maximum atomic E-state index is 11.6. The number of aryl methyl sites for hydroxylation is 1. The van der Waals surface area contributed by atoms with Crippen LogP contribution in [0.5, 0.6) is 11.5 Å². The number of fused-ring (bicyclic) bond motifs is 1. The minimum absolute atomic E-state index is 0.0632. The van der Waals surface area contributed by atoms with E-state index in [1.807, 2.05) is 37.5 Å². The zero-order valence-electron chi connectivity index (χ0n) is 14.3. The summed E-state index contributed by atoms with van der Waals surface area (Å²) in [5.41, 5.74) is 9.89. The molecule has 1 aliphatic rings. The summed E-state index contributed by atoms with van der Waals surface area (Å²) in [6.07, 6.45) is 3.00. The van der Waals surface area contributed by atoms with Gasteiger partial charge in [0, 0.05) is 31.0 Å². The number of nitrogens with two attached hydrogens (primary N) is 1. The summed E-state index contributed by atoms with van der Waals surface area (Å²) in [5.74, 6) is -0.0475. The zero-order chi connectivity index (χ0) is 18.3. The third kappa shape index (κ3) is 2.77.